The monoisotopic (exact) mass is 1440 g/mol. The van der Waals surface area contributed by atoms with Gasteiger partial charge in [-0.25, -0.2) is 0 Å². The van der Waals surface area contributed by atoms with Crippen LogP contribution < -0.4 is 9.80 Å². The average molecular weight is 1440 g/mol. The molecule has 0 unspecified atom stereocenters. The van der Waals surface area contributed by atoms with Crippen LogP contribution in [0.1, 0.15) is 86.5 Å². The molecule has 0 atom stereocenters. The molecule has 25 rings (SSSR count). The molecule has 0 radical (unpaired) electrons. The van der Waals surface area contributed by atoms with Gasteiger partial charge in [-0.05, 0) is 307 Å². The van der Waals surface area contributed by atoms with Crippen LogP contribution in [0.15, 0.2) is 376 Å². The molecule has 0 N–H and O–H groups in total. The first kappa shape index (κ1) is 66.9. The summed E-state index contributed by atoms with van der Waals surface area (Å²) in [6, 6.07) is 140. The van der Waals surface area contributed by atoms with Crippen molar-refractivity contribution >= 4 is 34.1 Å². The molecule has 8 fully saturated rings. The van der Waals surface area contributed by atoms with Crippen LogP contribution in [-0.4, -0.2) is 0 Å². The molecule has 8 saturated carbocycles. The van der Waals surface area contributed by atoms with Crippen molar-refractivity contribution in [2.75, 3.05) is 9.80 Å². The smallest absolute Gasteiger partial charge is 0.0462 e. The molecule has 540 valence electrons. The summed E-state index contributed by atoms with van der Waals surface area (Å²) in [4.78, 5) is 4.70. The summed E-state index contributed by atoms with van der Waals surface area (Å²) in [5.74, 6) is 6.94. The van der Waals surface area contributed by atoms with Crippen LogP contribution in [0.25, 0.3) is 100 Å². The second-order valence-corrected chi connectivity index (χ2v) is 33.9. The van der Waals surface area contributed by atoms with Crippen molar-refractivity contribution in [1.82, 2.24) is 0 Å². The third-order valence-corrected chi connectivity index (χ3v) is 28.2. The van der Waals surface area contributed by atoms with Gasteiger partial charge in [-0.1, -0.05) is 303 Å². The molecule has 10 aliphatic carbocycles. The highest BCUT2D eigenvalue weighted by Crippen LogP contribution is 2.72. The summed E-state index contributed by atoms with van der Waals surface area (Å²) in [6.45, 7) is 0. The van der Waals surface area contributed by atoms with Crippen LogP contribution in [0.3, 0.4) is 0 Å². The molecule has 0 aromatic heterocycles. The van der Waals surface area contributed by atoms with Gasteiger partial charge in [0.05, 0.1) is 0 Å². The quantitative estimate of drug-likeness (QED) is 0.114. The molecule has 0 aliphatic heterocycles. The van der Waals surface area contributed by atoms with Gasteiger partial charge in [-0.3, -0.25) is 0 Å². The van der Waals surface area contributed by atoms with Crippen molar-refractivity contribution in [3.63, 3.8) is 0 Å². The molecule has 2 spiro atoms. The van der Waals surface area contributed by atoms with Gasteiger partial charge in [0.1, 0.15) is 0 Å². The molecule has 0 amide bonds. The lowest BCUT2D eigenvalue weighted by molar-refractivity contribution is -0.0399. The third-order valence-electron chi connectivity index (χ3n) is 28.2. The highest BCUT2D eigenvalue weighted by atomic mass is 15.1. The number of anilines is 6. The summed E-state index contributed by atoms with van der Waals surface area (Å²) >= 11 is 0. The number of benzene rings is 15. The van der Waals surface area contributed by atoms with Crippen molar-refractivity contribution in [2.24, 2.45) is 47.3 Å². The first-order valence-electron chi connectivity index (χ1n) is 41.4. The van der Waals surface area contributed by atoms with Crippen molar-refractivity contribution in [3.05, 3.63) is 398 Å². The van der Waals surface area contributed by atoms with E-state index in [4.69, 9.17) is 0 Å². The minimum atomic E-state index is 0.193. The molecular weight excluding hydrogens is 1350 g/mol. The Labute approximate surface area is 660 Å². The second kappa shape index (κ2) is 27.4. The average Bonchev–Trinajstić information content (AvgIpc) is 1.47. The lowest BCUT2D eigenvalue weighted by Crippen LogP contribution is -2.55. The van der Waals surface area contributed by atoms with Crippen molar-refractivity contribution < 1.29 is 0 Å². The Morgan fingerprint density at radius 2 is 0.366 bits per heavy atom. The van der Waals surface area contributed by atoms with Crippen molar-refractivity contribution in [1.29, 1.82) is 0 Å². The van der Waals surface area contributed by atoms with E-state index in [-0.39, 0.29) is 10.8 Å². The Balaban J connectivity index is 0.000000138. The highest BCUT2D eigenvalue weighted by molar-refractivity contribution is 5.96. The van der Waals surface area contributed by atoms with Crippen LogP contribution >= 0.6 is 0 Å². The van der Waals surface area contributed by atoms with E-state index in [1.54, 1.807) is 22.3 Å². The number of para-hydroxylation sites is 1. The van der Waals surface area contributed by atoms with Gasteiger partial charge >= 0.3 is 0 Å². The van der Waals surface area contributed by atoms with Gasteiger partial charge in [0.2, 0.25) is 0 Å². The molecule has 8 bridgehead atoms. The maximum atomic E-state index is 2.51. The Morgan fingerprint density at radius 1 is 0.161 bits per heavy atom. The summed E-state index contributed by atoms with van der Waals surface area (Å²) in [5, 5.41) is 0. The van der Waals surface area contributed by atoms with E-state index < -0.39 is 0 Å². The van der Waals surface area contributed by atoms with Crippen LogP contribution in [-0.2, 0) is 10.8 Å². The Bertz CT molecular complexity index is 5810. The summed E-state index contributed by atoms with van der Waals surface area (Å²) in [7, 11) is 0. The first-order chi connectivity index (χ1) is 55.4. The zero-order valence-electron chi connectivity index (χ0n) is 63.4. The lowest BCUT2D eigenvalue weighted by atomic mass is 9.43. The Hall–Kier alpha value is -12.1. The summed E-state index contributed by atoms with van der Waals surface area (Å²) in [5.41, 5.74) is 37.3. The molecule has 15 aromatic rings. The van der Waals surface area contributed by atoms with Crippen molar-refractivity contribution in [3.8, 4) is 100 Å². The van der Waals surface area contributed by atoms with E-state index in [1.807, 2.05) is 0 Å². The van der Waals surface area contributed by atoms with Crippen LogP contribution in [0.5, 0.6) is 0 Å². The largest absolute Gasteiger partial charge is 0.311 e. The van der Waals surface area contributed by atoms with Gasteiger partial charge in [0.15, 0.2) is 0 Å². The number of fused-ring (bicyclic) bond motifs is 6. The van der Waals surface area contributed by atoms with E-state index >= 15 is 0 Å². The van der Waals surface area contributed by atoms with Gasteiger partial charge in [-0.15, -0.1) is 0 Å². The summed E-state index contributed by atoms with van der Waals surface area (Å²) < 4.78 is 0. The minimum absolute atomic E-state index is 0.193. The zero-order chi connectivity index (χ0) is 73.9. The van der Waals surface area contributed by atoms with Crippen LogP contribution in [0.2, 0.25) is 0 Å². The topological polar surface area (TPSA) is 6.48 Å². The summed E-state index contributed by atoms with van der Waals surface area (Å²) in [6.07, 6.45) is 14.3. The predicted molar refractivity (Wildman–Crippen MR) is 467 cm³/mol. The molecule has 2 heteroatoms. The number of hydrogen-bond donors (Lipinski definition) is 0. The maximum Gasteiger partial charge on any atom is 0.0462 e. The van der Waals surface area contributed by atoms with Gasteiger partial charge in [0, 0.05) is 45.0 Å². The van der Waals surface area contributed by atoms with Crippen LogP contribution in [0, 0.1) is 47.3 Å². The normalized spacial score (nSPS) is 22.5. The fourth-order valence-electron chi connectivity index (χ4n) is 23.9. The van der Waals surface area contributed by atoms with Gasteiger partial charge in [0.25, 0.3) is 0 Å². The number of nitrogens with zero attached hydrogens (tertiary/aromatic N) is 2. The third kappa shape index (κ3) is 11.1. The van der Waals surface area contributed by atoms with E-state index in [9.17, 15) is 0 Å². The fourth-order valence-corrected chi connectivity index (χ4v) is 23.9. The first-order valence-corrected chi connectivity index (χ1v) is 41.4. The standard InChI is InChI=1S/C58H47N.C52H43N/c1-3-10-41(11-4-1)44-22-28-50(29-23-44)59(51-30-24-45(25-31-51)42-12-5-2-6-13-42)52-32-26-46(27-33-52)43-18-20-47(21-19-43)53-15-9-17-56-57(53)54-14-7-8-16-55(54)58(56)48-35-39-34-40(37-48)38-49(58)36-39;1-3-10-37(11-4-1)39-22-26-45(27-23-39)53(44-12-5-2-6-13-44)46-28-24-40(25-29-46)38-18-20-41(21-19-38)47-15-9-17-50-51(47)48-14-7-8-16-49(48)52(50)42-31-35-30-36(33-42)34-43(52)32-35/h1-33,39-40,48-49H,34-38H2;1-29,35-36,42-43H,30-34H2. The number of hydrogen-bond acceptors (Lipinski definition) is 2. The predicted octanol–water partition coefficient (Wildman–Crippen LogP) is 29.4. The fraction of sp³-hybridized carbons (Fsp3) is 0.182. The Kier molecular flexibility index (Phi) is 16.4. The number of rotatable bonds is 13. The van der Waals surface area contributed by atoms with Gasteiger partial charge in [-0.2, -0.15) is 0 Å². The van der Waals surface area contributed by atoms with E-state index in [0.29, 0.717) is 0 Å². The SMILES string of the molecule is c1ccc(-c2ccc(N(c3ccc(-c4ccccc4)cc3)c3ccc(-c4ccc(-c5cccc6c5-c5ccccc5C65C6CC7CC(C6)CC5C7)cc4)cc3)cc2)cc1.c1ccc(-c2ccc(N(c3ccccc3)c3ccc(-c4ccc(-c5cccc6c5-c5ccccc5C65C6CC7CC(C6)CC5C7)cc4)cc3)cc2)cc1. The molecule has 0 heterocycles. The molecule has 0 saturated heterocycles. The highest BCUT2D eigenvalue weighted by Gasteiger charge is 2.63. The van der Waals surface area contributed by atoms with Crippen molar-refractivity contribution in [2.45, 2.75) is 75.0 Å². The lowest BCUT2D eigenvalue weighted by Gasteiger charge is -2.61. The second-order valence-electron chi connectivity index (χ2n) is 33.9. The maximum absolute atomic E-state index is 2.51. The zero-order valence-corrected chi connectivity index (χ0v) is 63.4. The Morgan fingerprint density at radius 3 is 0.652 bits per heavy atom. The van der Waals surface area contributed by atoms with Crippen LogP contribution in [0.4, 0.5) is 34.1 Å². The van der Waals surface area contributed by atoms with E-state index in [0.717, 1.165) is 81.5 Å². The molecule has 112 heavy (non-hydrogen) atoms. The minimum Gasteiger partial charge on any atom is -0.311 e. The molecule has 15 aromatic carbocycles. The molecule has 2 nitrogen and oxygen atoms in total. The van der Waals surface area contributed by atoms with E-state index in [1.165, 1.54) is 164 Å². The van der Waals surface area contributed by atoms with E-state index in [2.05, 4.69) is 386 Å². The van der Waals surface area contributed by atoms with Gasteiger partial charge < -0.3 is 9.80 Å². The molecular formula is C110H90N2. The molecule has 10 aliphatic rings.